The van der Waals surface area contributed by atoms with Crippen LogP contribution >= 0.6 is 0 Å². The summed E-state index contributed by atoms with van der Waals surface area (Å²) in [6.45, 7) is 11.9. The summed E-state index contributed by atoms with van der Waals surface area (Å²) in [7, 11) is 3.69. The Bertz CT molecular complexity index is 621. The number of allylic oxidation sites excluding steroid dienone is 7. The van der Waals surface area contributed by atoms with Crippen molar-refractivity contribution in [1.29, 1.82) is 0 Å². The molecule has 22 heavy (non-hydrogen) atoms. The van der Waals surface area contributed by atoms with Crippen molar-refractivity contribution >= 4 is 5.57 Å². The van der Waals surface area contributed by atoms with Gasteiger partial charge in [0.15, 0.2) is 0 Å². The first-order valence-electron chi connectivity index (χ1n) is 7.20. The monoisotopic (exact) mass is 295 g/mol. The fraction of sp³-hybridized carbons (Fsp3) is 0.200. The molecule has 0 saturated carbocycles. The topological polar surface area (TPSA) is 12.5 Å². The first-order valence-corrected chi connectivity index (χ1v) is 7.20. The standard InChI is InChI=1S/C20H25NO/c1-7-8-9-10-18(4)21(5)14-13-16(2)20-12-11-19(22-6)15-17(20)3/h7-15H,1-2H2,3-6H3/b9-8-,14-13-,18-10+. The quantitative estimate of drug-likeness (QED) is 0.648. The highest BCUT2D eigenvalue weighted by Gasteiger charge is 2.02. The molecule has 1 aromatic rings. The number of ether oxygens (including phenoxy) is 1. The third-order valence-corrected chi connectivity index (χ3v) is 3.42. The largest absolute Gasteiger partial charge is 0.497 e. The fourth-order valence-corrected chi connectivity index (χ4v) is 1.92. The number of hydrogen-bond donors (Lipinski definition) is 0. The molecule has 0 spiro atoms. The van der Waals surface area contributed by atoms with Crippen LogP contribution in [0.4, 0.5) is 0 Å². The summed E-state index contributed by atoms with van der Waals surface area (Å²) >= 11 is 0. The normalized spacial score (nSPS) is 11.9. The number of aryl methyl sites for hydroxylation is 1. The van der Waals surface area contributed by atoms with Crippen LogP contribution in [-0.2, 0) is 0 Å². The minimum absolute atomic E-state index is 0.864. The zero-order valence-electron chi connectivity index (χ0n) is 14.0. The minimum atomic E-state index is 0.864. The van der Waals surface area contributed by atoms with E-state index in [9.17, 15) is 0 Å². The first kappa shape index (κ1) is 17.6. The van der Waals surface area contributed by atoms with E-state index in [-0.39, 0.29) is 0 Å². The van der Waals surface area contributed by atoms with Gasteiger partial charge in [-0.05, 0) is 54.8 Å². The van der Waals surface area contributed by atoms with Gasteiger partial charge in [0, 0.05) is 18.9 Å². The Morgan fingerprint density at radius 2 is 2.00 bits per heavy atom. The van der Waals surface area contributed by atoms with Crippen molar-refractivity contribution in [2.75, 3.05) is 14.2 Å². The van der Waals surface area contributed by atoms with Crippen LogP contribution in [0.2, 0.25) is 0 Å². The summed E-state index contributed by atoms with van der Waals surface area (Å²) in [5.74, 6) is 0.864. The number of nitrogens with zero attached hydrogens (tertiary/aromatic N) is 1. The molecule has 0 saturated heterocycles. The van der Waals surface area contributed by atoms with Gasteiger partial charge < -0.3 is 9.64 Å². The maximum Gasteiger partial charge on any atom is 0.119 e. The predicted molar refractivity (Wildman–Crippen MR) is 96.8 cm³/mol. The van der Waals surface area contributed by atoms with Crippen molar-refractivity contribution in [1.82, 2.24) is 4.90 Å². The summed E-state index contributed by atoms with van der Waals surface area (Å²) in [4.78, 5) is 2.05. The number of benzene rings is 1. The van der Waals surface area contributed by atoms with Crippen LogP contribution in [-0.4, -0.2) is 19.1 Å². The lowest BCUT2D eigenvalue weighted by Gasteiger charge is -2.15. The zero-order valence-corrected chi connectivity index (χ0v) is 14.0. The summed E-state index contributed by atoms with van der Waals surface area (Å²) in [5, 5.41) is 0. The molecule has 1 rings (SSSR count). The van der Waals surface area contributed by atoms with Gasteiger partial charge in [-0.1, -0.05) is 37.5 Å². The van der Waals surface area contributed by atoms with Crippen molar-refractivity contribution in [3.8, 4) is 5.75 Å². The molecular weight excluding hydrogens is 270 g/mol. The molecule has 0 aliphatic rings. The Morgan fingerprint density at radius 3 is 2.59 bits per heavy atom. The van der Waals surface area contributed by atoms with Gasteiger partial charge in [-0.3, -0.25) is 0 Å². The summed E-state index contributed by atoms with van der Waals surface area (Å²) in [6.07, 6.45) is 11.7. The summed E-state index contributed by atoms with van der Waals surface area (Å²) in [6, 6.07) is 6.01. The lowest BCUT2D eigenvalue weighted by molar-refractivity contribution is 0.414. The van der Waals surface area contributed by atoms with E-state index in [1.54, 1.807) is 13.2 Å². The van der Waals surface area contributed by atoms with Gasteiger partial charge in [0.1, 0.15) is 5.75 Å². The van der Waals surface area contributed by atoms with Crippen LogP contribution in [0.15, 0.2) is 73.6 Å². The maximum atomic E-state index is 5.23. The first-order chi connectivity index (χ1) is 10.5. The summed E-state index contributed by atoms with van der Waals surface area (Å²) < 4.78 is 5.23. The lowest BCUT2D eigenvalue weighted by atomic mass is 10.0. The van der Waals surface area contributed by atoms with Crippen LogP contribution in [0.25, 0.3) is 5.57 Å². The highest BCUT2D eigenvalue weighted by Crippen LogP contribution is 2.23. The van der Waals surface area contributed by atoms with E-state index in [0.29, 0.717) is 0 Å². The van der Waals surface area contributed by atoms with Crippen LogP contribution in [0, 0.1) is 6.92 Å². The highest BCUT2D eigenvalue weighted by atomic mass is 16.5. The van der Waals surface area contributed by atoms with E-state index in [1.807, 2.05) is 55.8 Å². The second-order valence-corrected chi connectivity index (χ2v) is 5.06. The molecule has 0 aliphatic heterocycles. The van der Waals surface area contributed by atoms with E-state index in [4.69, 9.17) is 4.74 Å². The Hall–Kier alpha value is -2.48. The van der Waals surface area contributed by atoms with Crippen molar-refractivity contribution in [2.45, 2.75) is 13.8 Å². The lowest BCUT2D eigenvalue weighted by Crippen LogP contribution is -2.06. The minimum Gasteiger partial charge on any atom is -0.497 e. The third kappa shape index (κ3) is 5.13. The van der Waals surface area contributed by atoms with Gasteiger partial charge >= 0.3 is 0 Å². The SMILES string of the molecule is C=C/C=C\C=C(/C)N(C)/C=C\C(=C)c1ccc(OC)cc1C. The Labute approximate surface area is 134 Å². The third-order valence-electron chi connectivity index (χ3n) is 3.42. The molecule has 1 aromatic carbocycles. The average Bonchev–Trinajstić information content (AvgIpc) is 2.52. The predicted octanol–water partition coefficient (Wildman–Crippen LogP) is 5.11. The van der Waals surface area contributed by atoms with Crippen molar-refractivity contribution in [3.05, 3.63) is 84.8 Å². The number of hydrogen-bond acceptors (Lipinski definition) is 2. The van der Waals surface area contributed by atoms with Crippen LogP contribution in [0.1, 0.15) is 18.1 Å². The zero-order chi connectivity index (χ0) is 16.5. The van der Waals surface area contributed by atoms with E-state index in [2.05, 4.69) is 31.9 Å². The van der Waals surface area contributed by atoms with Gasteiger partial charge in [0.05, 0.1) is 7.11 Å². The van der Waals surface area contributed by atoms with Crippen molar-refractivity contribution in [3.63, 3.8) is 0 Å². The number of rotatable bonds is 7. The highest BCUT2D eigenvalue weighted by molar-refractivity contribution is 5.74. The Morgan fingerprint density at radius 1 is 1.27 bits per heavy atom. The van der Waals surface area contributed by atoms with E-state index in [0.717, 1.165) is 28.1 Å². The molecule has 0 N–H and O–H groups in total. The van der Waals surface area contributed by atoms with Gasteiger partial charge in [-0.25, -0.2) is 0 Å². The fourth-order valence-electron chi connectivity index (χ4n) is 1.92. The molecule has 0 unspecified atom stereocenters. The second-order valence-electron chi connectivity index (χ2n) is 5.06. The summed E-state index contributed by atoms with van der Waals surface area (Å²) in [5.41, 5.74) is 4.38. The molecule has 0 amide bonds. The van der Waals surface area contributed by atoms with Crippen molar-refractivity contribution < 1.29 is 4.74 Å². The van der Waals surface area contributed by atoms with Gasteiger partial charge in [0.25, 0.3) is 0 Å². The van der Waals surface area contributed by atoms with E-state index < -0.39 is 0 Å². The molecule has 0 radical (unpaired) electrons. The van der Waals surface area contributed by atoms with Gasteiger partial charge in [-0.15, -0.1) is 0 Å². The molecule has 116 valence electrons. The molecule has 2 nitrogen and oxygen atoms in total. The molecule has 0 aromatic heterocycles. The van der Waals surface area contributed by atoms with Gasteiger partial charge in [0.2, 0.25) is 0 Å². The molecule has 0 heterocycles. The number of methoxy groups -OCH3 is 1. The molecule has 0 atom stereocenters. The smallest absolute Gasteiger partial charge is 0.119 e. The van der Waals surface area contributed by atoms with Crippen molar-refractivity contribution in [2.24, 2.45) is 0 Å². The molecular formula is C20H25NO. The maximum absolute atomic E-state index is 5.23. The van der Waals surface area contributed by atoms with Crippen LogP contribution < -0.4 is 4.74 Å². The second kappa shape index (κ2) is 8.73. The van der Waals surface area contributed by atoms with Crippen LogP contribution in [0.5, 0.6) is 5.75 Å². The molecule has 0 aliphatic carbocycles. The molecule has 0 fully saturated rings. The van der Waals surface area contributed by atoms with E-state index >= 15 is 0 Å². The Kier molecular flexibility index (Phi) is 6.97. The molecule has 2 heteroatoms. The average molecular weight is 295 g/mol. The van der Waals surface area contributed by atoms with Gasteiger partial charge in [-0.2, -0.15) is 0 Å². The molecule has 0 bridgehead atoms. The van der Waals surface area contributed by atoms with E-state index in [1.165, 1.54) is 0 Å². The van der Waals surface area contributed by atoms with Crippen LogP contribution in [0.3, 0.4) is 0 Å². The Balaban J connectivity index is 2.81.